The van der Waals surface area contributed by atoms with Gasteiger partial charge in [-0.1, -0.05) is 18.2 Å². The van der Waals surface area contributed by atoms with Crippen LogP contribution in [0.25, 0.3) is 11.0 Å². The average molecular weight is 339 g/mol. The molecule has 2 heterocycles. The summed E-state index contributed by atoms with van der Waals surface area (Å²) in [4.78, 5) is 37.3. The molecule has 1 unspecified atom stereocenters. The fourth-order valence-corrected chi connectivity index (χ4v) is 2.95. The Bertz CT molecular complexity index is 1010. The molecular weight excluding hydrogens is 322 g/mol. The largest absolute Gasteiger partial charge is 0.459 e. The molecule has 7 nitrogen and oxygen atoms in total. The first kappa shape index (κ1) is 15.4. The SMILES string of the molecule is O=C(Cn1ccc(=O)[nH]c1=O)NC(c1cc2ccccc2o1)C1CC1. The number of aromatic amines is 1. The lowest BCUT2D eigenvalue weighted by molar-refractivity contribution is -0.122. The number of furan rings is 1. The monoisotopic (exact) mass is 339 g/mol. The van der Waals surface area contributed by atoms with Crippen molar-refractivity contribution < 1.29 is 9.21 Å². The van der Waals surface area contributed by atoms with Gasteiger partial charge in [-0.25, -0.2) is 4.79 Å². The van der Waals surface area contributed by atoms with Crippen LogP contribution in [0.5, 0.6) is 0 Å². The number of hydrogen-bond acceptors (Lipinski definition) is 4. The van der Waals surface area contributed by atoms with Crippen LogP contribution in [-0.2, 0) is 11.3 Å². The van der Waals surface area contributed by atoms with Gasteiger partial charge in [0, 0.05) is 17.6 Å². The van der Waals surface area contributed by atoms with Gasteiger partial charge in [-0.15, -0.1) is 0 Å². The molecule has 0 saturated heterocycles. The maximum absolute atomic E-state index is 12.4. The Labute approximate surface area is 142 Å². The number of rotatable bonds is 5. The van der Waals surface area contributed by atoms with Crippen molar-refractivity contribution in [1.82, 2.24) is 14.9 Å². The molecule has 4 rings (SSSR count). The number of carbonyl (C=O) groups is 1. The summed E-state index contributed by atoms with van der Waals surface area (Å²) in [5, 5.41) is 3.96. The number of benzene rings is 1. The van der Waals surface area contributed by atoms with Crippen LogP contribution >= 0.6 is 0 Å². The first-order chi connectivity index (χ1) is 12.1. The highest BCUT2D eigenvalue weighted by Gasteiger charge is 2.35. The lowest BCUT2D eigenvalue weighted by atomic mass is 10.1. The van der Waals surface area contributed by atoms with E-state index in [-0.39, 0.29) is 18.5 Å². The number of carbonyl (C=O) groups excluding carboxylic acids is 1. The molecule has 1 aliphatic rings. The predicted molar refractivity (Wildman–Crippen MR) is 91.1 cm³/mol. The van der Waals surface area contributed by atoms with E-state index in [1.54, 1.807) is 0 Å². The van der Waals surface area contributed by atoms with Gasteiger partial charge in [0.2, 0.25) is 5.91 Å². The fraction of sp³-hybridized carbons (Fsp3) is 0.278. The molecular formula is C18H17N3O4. The Morgan fingerprint density at radius 2 is 2.08 bits per heavy atom. The number of H-pyrrole nitrogens is 1. The normalized spacial score (nSPS) is 15.2. The molecule has 1 atom stereocenters. The van der Waals surface area contributed by atoms with E-state index in [9.17, 15) is 14.4 Å². The highest BCUT2D eigenvalue weighted by Crippen LogP contribution is 2.42. The van der Waals surface area contributed by atoms with E-state index in [0.29, 0.717) is 5.92 Å². The third-order valence-electron chi connectivity index (χ3n) is 4.37. The molecule has 0 radical (unpaired) electrons. The molecule has 1 aromatic carbocycles. The number of fused-ring (bicyclic) bond motifs is 1. The van der Waals surface area contributed by atoms with Crippen LogP contribution in [0.3, 0.4) is 0 Å². The molecule has 1 fully saturated rings. The second kappa shape index (κ2) is 6.08. The van der Waals surface area contributed by atoms with Crippen LogP contribution in [0.15, 0.2) is 56.6 Å². The standard InChI is InChI=1S/C18H17N3O4/c22-15-7-8-21(18(24)20-15)10-16(23)19-17(11-5-6-11)14-9-12-3-1-2-4-13(12)25-14/h1-4,7-9,11,17H,5-6,10H2,(H,19,23)(H,20,22,24). The number of hydrogen-bond donors (Lipinski definition) is 2. The van der Waals surface area contributed by atoms with Gasteiger partial charge in [-0.3, -0.25) is 19.1 Å². The molecule has 2 N–H and O–H groups in total. The second-order valence-corrected chi connectivity index (χ2v) is 6.31. The highest BCUT2D eigenvalue weighted by molar-refractivity contribution is 5.79. The van der Waals surface area contributed by atoms with Crippen molar-refractivity contribution in [2.24, 2.45) is 5.92 Å². The summed E-state index contributed by atoms with van der Waals surface area (Å²) in [6, 6.07) is 10.7. The fourth-order valence-electron chi connectivity index (χ4n) is 2.95. The summed E-state index contributed by atoms with van der Waals surface area (Å²) in [7, 11) is 0. The molecule has 1 amide bonds. The minimum absolute atomic E-state index is 0.154. The van der Waals surface area contributed by atoms with E-state index < -0.39 is 11.2 Å². The van der Waals surface area contributed by atoms with Gasteiger partial charge in [0.05, 0.1) is 6.04 Å². The Morgan fingerprint density at radius 3 is 2.80 bits per heavy atom. The molecule has 1 aliphatic carbocycles. The molecule has 3 aromatic rings. The minimum atomic E-state index is -0.602. The molecule has 128 valence electrons. The molecule has 2 aromatic heterocycles. The van der Waals surface area contributed by atoms with Gasteiger partial charge >= 0.3 is 5.69 Å². The van der Waals surface area contributed by atoms with Crippen molar-refractivity contribution in [2.75, 3.05) is 0 Å². The number of para-hydroxylation sites is 1. The lowest BCUT2D eigenvalue weighted by Crippen LogP contribution is -2.37. The number of aromatic nitrogens is 2. The topological polar surface area (TPSA) is 97.1 Å². The number of nitrogens with zero attached hydrogens (tertiary/aromatic N) is 1. The quantitative estimate of drug-likeness (QED) is 0.737. The van der Waals surface area contributed by atoms with E-state index in [2.05, 4.69) is 10.3 Å². The van der Waals surface area contributed by atoms with E-state index in [4.69, 9.17) is 4.42 Å². The van der Waals surface area contributed by atoms with Gasteiger partial charge in [0.25, 0.3) is 5.56 Å². The summed E-state index contributed by atoms with van der Waals surface area (Å²) in [5.41, 5.74) is -0.302. The van der Waals surface area contributed by atoms with Gasteiger partial charge in [-0.05, 0) is 30.9 Å². The Hall–Kier alpha value is -3.09. The molecule has 0 spiro atoms. The molecule has 7 heteroatoms. The highest BCUT2D eigenvalue weighted by atomic mass is 16.3. The first-order valence-electron chi connectivity index (χ1n) is 8.18. The third-order valence-corrected chi connectivity index (χ3v) is 4.37. The minimum Gasteiger partial charge on any atom is -0.459 e. The molecule has 0 bridgehead atoms. The average Bonchev–Trinajstić information content (AvgIpc) is 3.33. The first-order valence-corrected chi connectivity index (χ1v) is 8.18. The Balaban J connectivity index is 1.54. The van der Waals surface area contributed by atoms with E-state index in [1.165, 1.54) is 16.8 Å². The second-order valence-electron chi connectivity index (χ2n) is 6.31. The van der Waals surface area contributed by atoms with Crippen molar-refractivity contribution in [2.45, 2.75) is 25.4 Å². The summed E-state index contributed by atoms with van der Waals surface area (Å²) in [6.45, 7) is -0.154. The van der Waals surface area contributed by atoms with Crippen molar-refractivity contribution in [1.29, 1.82) is 0 Å². The third kappa shape index (κ3) is 3.26. The lowest BCUT2D eigenvalue weighted by Gasteiger charge is -2.16. The molecule has 25 heavy (non-hydrogen) atoms. The van der Waals surface area contributed by atoms with Gasteiger partial charge in [0.1, 0.15) is 17.9 Å². The van der Waals surface area contributed by atoms with E-state index in [0.717, 1.165) is 29.6 Å². The molecule has 0 aliphatic heterocycles. The predicted octanol–water partition coefficient (Wildman–Crippen LogP) is 1.55. The maximum atomic E-state index is 12.4. The van der Waals surface area contributed by atoms with Crippen LogP contribution in [-0.4, -0.2) is 15.5 Å². The van der Waals surface area contributed by atoms with Crippen molar-refractivity contribution >= 4 is 16.9 Å². The van der Waals surface area contributed by atoms with Crippen LogP contribution in [0.1, 0.15) is 24.6 Å². The zero-order valence-electron chi connectivity index (χ0n) is 13.4. The summed E-state index contributed by atoms with van der Waals surface area (Å²) in [5.74, 6) is 0.772. The smallest absolute Gasteiger partial charge is 0.328 e. The van der Waals surface area contributed by atoms with Gasteiger partial charge in [-0.2, -0.15) is 0 Å². The zero-order chi connectivity index (χ0) is 17.4. The number of amides is 1. The van der Waals surface area contributed by atoms with Crippen LogP contribution < -0.4 is 16.6 Å². The van der Waals surface area contributed by atoms with Crippen molar-refractivity contribution in [3.8, 4) is 0 Å². The van der Waals surface area contributed by atoms with E-state index in [1.807, 2.05) is 30.3 Å². The van der Waals surface area contributed by atoms with E-state index >= 15 is 0 Å². The van der Waals surface area contributed by atoms with Crippen LogP contribution in [0.4, 0.5) is 0 Å². The molecule has 1 saturated carbocycles. The zero-order valence-corrected chi connectivity index (χ0v) is 13.4. The van der Waals surface area contributed by atoms with Crippen molar-refractivity contribution in [3.05, 3.63) is 69.2 Å². The summed E-state index contributed by atoms with van der Waals surface area (Å²) in [6.07, 6.45) is 3.37. The van der Waals surface area contributed by atoms with Gasteiger partial charge in [0.15, 0.2) is 0 Å². The maximum Gasteiger partial charge on any atom is 0.328 e. The van der Waals surface area contributed by atoms with Crippen LogP contribution in [0, 0.1) is 5.92 Å². The van der Waals surface area contributed by atoms with Crippen molar-refractivity contribution in [3.63, 3.8) is 0 Å². The Kier molecular flexibility index (Phi) is 3.76. The van der Waals surface area contributed by atoms with Gasteiger partial charge < -0.3 is 9.73 Å². The summed E-state index contributed by atoms with van der Waals surface area (Å²) >= 11 is 0. The van der Waals surface area contributed by atoms with Crippen LogP contribution in [0.2, 0.25) is 0 Å². The summed E-state index contributed by atoms with van der Waals surface area (Å²) < 4.78 is 7.06. The number of nitrogens with one attached hydrogen (secondary N) is 2. The Morgan fingerprint density at radius 1 is 1.28 bits per heavy atom.